The normalized spacial score (nSPS) is 13.3. The van der Waals surface area contributed by atoms with E-state index in [1.165, 1.54) is 45.2 Å². The summed E-state index contributed by atoms with van der Waals surface area (Å²) in [6, 6.07) is 15.1. The molecule has 3 aromatic rings. The second-order valence-corrected chi connectivity index (χ2v) is 13.9. The summed E-state index contributed by atoms with van der Waals surface area (Å²) < 4.78 is 0. The van der Waals surface area contributed by atoms with E-state index in [2.05, 4.69) is 87.4 Å². The van der Waals surface area contributed by atoms with Crippen molar-refractivity contribution < 1.29 is 0 Å². The molecule has 0 bridgehead atoms. The highest BCUT2D eigenvalue weighted by atomic mass is 32.1. The van der Waals surface area contributed by atoms with Crippen LogP contribution in [0.15, 0.2) is 35.7 Å². The molecule has 2 nitrogen and oxygen atoms in total. The average molecular weight is 398 g/mol. The van der Waals surface area contributed by atoms with Gasteiger partial charge in [-0.2, -0.15) is 0 Å². The molecule has 0 saturated heterocycles. The van der Waals surface area contributed by atoms with E-state index in [9.17, 15) is 0 Å². The van der Waals surface area contributed by atoms with E-state index in [4.69, 9.17) is 0 Å². The van der Waals surface area contributed by atoms with Crippen LogP contribution in [0.4, 0.5) is 5.69 Å². The quantitative estimate of drug-likeness (QED) is 0.438. The summed E-state index contributed by atoms with van der Waals surface area (Å²) in [7, 11) is 2.70. The fraction of sp³-hybridized carbons (Fsp3) is 0.435. The number of H-pyrrole nitrogens is 1. The van der Waals surface area contributed by atoms with Crippen LogP contribution in [0.3, 0.4) is 0 Å². The van der Waals surface area contributed by atoms with E-state index in [1.807, 2.05) is 11.3 Å². The fourth-order valence-electron chi connectivity index (χ4n) is 4.41. The molecule has 2 aromatic heterocycles. The third-order valence-corrected chi connectivity index (χ3v) is 13.0. The third-order valence-electron chi connectivity index (χ3n) is 6.41. The number of aromatic nitrogens is 1. The maximum atomic E-state index is 4.37. The highest BCUT2D eigenvalue weighted by Crippen LogP contribution is 2.39. The molecule has 1 aromatic carbocycles. The molecule has 0 aliphatic rings. The zero-order chi connectivity index (χ0) is 19.6. The van der Waals surface area contributed by atoms with Crippen molar-refractivity contribution in [2.45, 2.75) is 51.2 Å². The zero-order valence-electron chi connectivity index (χ0n) is 17.4. The van der Waals surface area contributed by atoms with Crippen molar-refractivity contribution in [1.82, 2.24) is 4.98 Å². The van der Waals surface area contributed by atoms with Crippen LogP contribution in [0.5, 0.6) is 0 Å². The predicted octanol–water partition coefficient (Wildman–Crippen LogP) is 6.37. The lowest BCUT2D eigenvalue weighted by Crippen LogP contribution is -2.48. The second-order valence-electron chi connectivity index (χ2n) is 7.74. The van der Waals surface area contributed by atoms with Gasteiger partial charge in [0.25, 0.3) is 0 Å². The highest BCUT2D eigenvalue weighted by Gasteiger charge is 2.36. The summed E-state index contributed by atoms with van der Waals surface area (Å²) in [6.45, 7) is 11.6. The summed E-state index contributed by atoms with van der Waals surface area (Å²) >= 11 is 1.88. The molecule has 1 unspecified atom stereocenters. The Morgan fingerprint density at radius 3 is 2.33 bits per heavy atom. The van der Waals surface area contributed by atoms with E-state index < -0.39 is 8.07 Å². The molecule has 1 atom stereocenters. The molecule has 0 spiro atoms. The predicted molar refractivity (Wildman–Crippen MR) is 126 cm³/mol. The van der Waals surface area contributed by atoms with Crippen LogP contribution < -0.4 is 10.2 Å². The van der Waals surface area contributed by atoms with Crippen LogP contribution in [-0.4, -0.2) is 27.2 Å². The molecule has 145 valence electrons. The monoisotopic (exact) mass is 397 g/mol. The minimum atomic E-state index is -1.54. The van der Waals surface area contributed by atoms with Gasteiger partial charge in [-0.1, -0.05) is 64.0 Å². The number of hydrogen-bond donors (Lipinski definition) is 1. The first kappa shape index (κ1) is 20.2. The number of fused-ring (bicyclic) bond motifs is 1. The van der Waals surface area contributed by atoms with Crippen LogP contribution >= 0.6 is 11.3 Å². The number of nitrogens with zero attached hydrogens (tertiary/aromatic N) is 1. The largest absolute Gasteiger partial charge is 0.377 e. The molecule has 0 fully saturated rings. The minimum absolute atomic E-state index is 0.367. The van der Waals surface area contributed by atoms with Gasteiger partial charge >= 0.3 is 0 Å². The fourth-order valence-corrected chi connectivity index (χ4v) is 9.38. The molecule has 2 heterocycles. The van der Waals surface area contributed by atoms with E-state index in [1.54, 1.807) is 5.32 Å². The Kier molecular flexibility index (Phi) is 6.17. The number of rotatable bonds is 8. The van der Waals surface area contributed by atoms with Crippen molar-refractivity contribution in [3.8, 4) is 0 Å². The molecule has 0 saturated carbocycles. The van der Waals surface area contributed by atoms with Crippen LogP contribution in [0.1, 0.15) is 43.6 Å². The van der Waals surface area contributed by atoms with E-state index >= 15 is 0 Å². The molecule has 27 heavy (non-hydrogen) atoms. The molecule has 1 radical (unpaired) electrons. The topological polar surface area (TPSA) is 19.0 Å². The van der Waals surface area contributed by atoms with Crippen molar-refractivity contribution in [2.24, 2.45) is 0 Å². The Hall–Kier alpha value is -1.52. The number of anilines is 1. The molecular formula is C23H33N2SSi. The minimum Gasteiger partial charge on any atom is -0.377 e. The van der Waals surface area contributed by atoms with Crippen LogP contribution in [0.2, 0.25) is 18.1 Å². The van der Waals surface area contributed by atoms with E-state index in [0.29, 0.717) is 5.92 Å². The van der Waals surface area contributed by atoms with Crippen molar-refractivity contribution in [3.05, 3.63) is 53.1 Å². The number of aromatic amines is 1. The number of benzene rings is 1. The molecular weight excluding hydrogens is 364 g/mol. The van der Waals surface area contributed by atoms with Crippen LogP contribution in [0, 0.1) is 6.92 Å². The number of thiophene rings is 1. The summed E-state index contributed by atoms with van der Waals surface area (Å²) in [6.07, 6.45) is 0.893. The SMILES string of the molecule is [CH2]CC(c1cc(N(C)C)cs1)c1c([Si](CC)(CC)CC)[nH]c2ccccc12. The summed E-state index contributed by atoms with van der Waals surface area (Å²) in [4.78, 5) is 7.53. The van der Waals surface area contributed by atoms with Gasteiger partial charge in [0.15, 0.2) is 0 Å². The Morgan fingerprint density at radius 2 is 1.78 bits per heavy atom. The molecule has 1 N–H and O–H groups in total. The number of hydrogen-bond acceptors (Lipinski definition) is 2. The van der Waals surface area contributed by atoms with Gasteiger partial charge in [-0.05, 0) is 24.1 Å². The summed E-state index contributed by atoms with van der Waals surface area (Å²) in [5.41, 5.74) is 4.11. The van der Waals surface area contributed by atoms with Crippen molar-refractivity contribution in [3.63, 3.8) is 0 Å². The van der Waals surface area contributed by atoms with Gasteiger partial charge in [0, 0.05) is 52.2 Å². The van der Waals surface area contributed by atoms with Gasteiger partial charge in [-0.15, -0.1) is 11.3 Å². The molecule has 3 rings (SSSR count). The molecule has 0 amide bonds. The molecule has 0 aliphatic carbocycles. The second kappa shape index (κ2) is 8.23. The lowest BCUT2D eigenvalue weighted by atomic mass is 9.94. The third kappa shape index (κ3) is 3.50. The van der Waals surface area contributed by atoms with E-state index in [0.717, 1.165) is 6.42 Å². The lowest BCUT2D eigenvalue weighted by Gasteiger charge is -2.30. The Morgan fingerprint density at radius 1 is 1.11 bits per heavy atom. The van der Waals surface area contributed by atoms with Gasteiger partial charge in [-0.25, -0.2) is 0 Å². The van der Waals surface area contributed by atoms with Crippen molar-refractivity contribution in [1.29, 1.82) is 0 Å². The van der Waals surface area contributed by atoms with Gasteiger partial charge in [-0.3, -0.25) is 0 Å². The van der Waals surface area contributed by atoms with Crippen molar-refractivity contribution in [2.75, 3.05) is 19.0 Å². The molecule has 4 heteroatoms. The average Bonchev–Trinajstić information content (AvgIpc) is 3.31. The summed E-state index contributed by atoms with van der Waals surface area (Å²) in [5, 5.41) is 5.24. The van der Waals surface area contributed by atoms with Gasteiger partial charge < -0.3 is 9.88 Å². The summed E-state index contributed by atoms with van der Waals surface area (Å²) in [5.74, 6) is 0.367. The first-order chi connectivity index (χ1) is 13.0. The van der Waals surface area contributed by atoms with Gasteiger partial charge in [0.1, 0.15) is 8.07 Å². The van der Waals surface area contributed by atoms with Crippen LogP contribution in [0.25, 0.3) is 10.9 Å². The van der Waals surface area contributed by atoms with Gasteiger partial charge in [0.05, 0.1) is 0 Å². The Balaban J connectivity index is 2.25. The maximum absolute atomic E-state index is 4.37. The highest BCUT2D eigenvalue weighted by molar-refractivity contribution is 7.10. The zero-order valence-corrected chi connectivity index (χ0v) is 19.2. The maximum Gasteiger partial charge on any atom is 0.107 e. The van der Waals surface area contributed by atoms with Crippen molar-refractivity contribution >= 4 is 41.3 Å². The number of para-hydroxylation sites is 1. The van der Waals surface area contributed by atoms with Gasteiger partial charge in [0.2, 0.25) is 0 Å². The lowest BCUT2D eigenvalue weighted by molar-refractivity contribution is 0.857. The van der Waals surface area contributed by atoms with E-state index in [-0.39, 0.29) is 0 Å². The smallest absolute Gasteiger partial charge is 0.107 e. The Labute approximate surface area is 169 Å². The number of nitrogens with one attached hydrogen (secondary N) is 1. The van der Waals surface area contributed by atoms with Crippen LogP contribution in [-0.2, 0) is 0 Å². The molecule has 0 aliphatic heterocycles. The first-order valence-corrected chi connectivity index (χ1v) is 13.7. The standard InChI is InChI=1S/C23H33N2SSi/c1-7-18(21-15-17(16-26-21)25(5)6)22-19-13-11-12-14-20(19)24-23(22)27(8-2,9-3)10-4/h11-16,18,24H,1,7-10H2,2-6H3. The Bertz CT molecular complexity index is 881. The first-order valence-electron chi connectivity index (χ1n) is 10.2.